The molecule has 0 aromatic carbocycles. The molecule has 0 amide bonds. The summed E-state index contributed by atoms with van der Waals surface area (Å²) in [4.78, 5) is 10.9. The average molecular weight is 210 g/mol. The molecule has 0 rings (SSSR count). The van der Waals surface area contributed by atoms with Crippen LogP contribution in [0.5, 0.6) is 0 Å². The molecule has 0 spiro atoms. The molecule has 0 N–H and O–H groups in total. The highest BCUT2D eigenvalue weighted by Gasteiger charge is 2.17. The van der Waals surface area contributed by atoms with Crippen LogP contribution in [0, 0.1) is 0 Å². The van der Waals surface area contributed by atoms with Gasteiger partial charge in [-0.05, 0) is 12.8 Å². The number of carbonyl (C=O) groups is 1. The first kappa shape index (κ1) is 13.1. The van der Waals surface area contributed by atoms with Gasteiger partial charge in [0.15, 0.2) is 0 Å². The first-order valence-corrected chi connectivity index (χ1v) is 4.67. The quantitative estimate of drug-likeness (QED) is 0.632. The summed E-state index contributed by atoms with van der Waals surface area (Å²) in [5.74, 6) is 0. The van der Waals surface area contributed by atoms with Gasteiger partial charge >= 0.3 is 6.16 Å². The lowest BCUT2D eigenvalue weighted by atomic mass is 10.3. The second kappa shape index (κ2) is 7.53. The lowest BCUT2D eigenvalue weighted by molar-refractivity contribution is -0.0149. The minimum Gasteiger partial charge on any atom is -0.428 e. The van der Waals surface area contributed by atoms with E-state index in [1.165, 1.54) is 0 Å². The molecule has 2 unspecified atom stereocenters. The Morgan fingerprint density at radius 2 is 1.43 bits per heavy atom. The second-order valence-corrected chi connectivity index (χ2v) is 2.85. The van der Waals surface area contributed by atoms with Crippen molar-refractivity contribution in [3.8, 4) is 0 Å². The summed E-state index contributed by atoms with van der Waals surface area (Å²) in [7, 11) is 0. The Labute approximate surface area is 82.4 Å². The van der Waals surface area contributed by atoms with Gasteiger partial charge in [-0.2, -0.15) is 0 Å². The van der Waals surface area contributed by atoms with E-state index in [1.807, 2.05) is 0 Å². The SMILES string of the molecule is CCC(CF)OC(=O)OC(CC)CF. The third kappa shape index (κ3) is 4.99. The lowest BCUT2D eigenvalue weighted by Gasteiger charge is -2.15. The van der Waals surface area contributed by atoms with Gasteiger partial charge in [-0.3, -0.25) is 0 Å². The Bertz CT molecular complexity index is 140. The molecule has 0 aromatic heterocycles. The van der Waals surface area contributed by atoms with Crippen molar-refractivity contribution in [3.05, 3.63) is 0 Å². The Morgan fingerprint density at radius 1 is 1.07 bits per heavy atom. The van der Waals surface area contributed by atoms with Crippen LogP contribution in [0.1, 0.15) is 26.7 Å². The van der Waals surface area contributed by atoms with Crippen LogP contribution < -0.4 is 0 Å². The normalized spacial score (nSPS) is 14.6. The fourth-order valence-electron chi connectivity index (χ4n) is 0.748. The maximum atomic E-state index is 12.1. The molecule has 84 valence electrons. The molecule has 5 heteroatoms. The van der Waals surface area contributed by atoms with Crippen molar-refractivity contribution in [2.75, 3.05) is 13.3 Å². The Kier molecular flexibility index (Phi) is 7.06. The predicted octanol–water partition coefficient (Wildman–Crippen LogP) is 2.64. The molecule has 14 heavy (non-hydrogen) atoms. The average Bonchev–Trinajstić information content (AvgIpc) is 2.22. The molecule has 2 atom stereocenters. The molecule has 0 aliphatic carbocycles. The molecule has 3 nitrogen and oxygen atoms in total. The molecule has 0 aromatic rings. The summed E-state index contributed by atoms with van der Waals surface area (Å²) in [6.07, 6.45) is -1.84. The van der Waals surface area contributed by atoms with E-state index in [-0.39, 0.29) is 0 Å². The predicted molar refractivity (Wildman–Crippen MR) is 47.7 cm³/mol. The summed E-state index contributed by atoms with van der Waals surface area (Å²) < 4.78 is 33.4. The van der Waals surface area contributed by atoms with Gasteiger partial charge in [0.1, 0.15) is 25.6 Å². The number of hydrogen-bond acceptors (Lipinski definition) is 3. The van der Waals surface area contributed by atoms with Crippen LogP contribution in [-0.2, 0) is 9.47 Å². The van der Waals surface area contributed by atoms with Crippen LogP contribution >= 0.6 is 0 Å². The van der Waals surface area contributed by atoms with Gasteiger partial charge in [0, 0.05) is 0 Å². The number of carbonyl (C=O) groups excluding carboxylic acids is 1. The monoisotopic (exact) mass is 210 g/mol. The van der Waals surface area contributed by atoms with Crippen LogP contribution in [0.15, 0.2) is 0 Å². The molecule has 0 heterocycles. The zero-order chi connectivity index (χ0) is 11.0. The first-order valence-electron chi connectivity index (χ1n) is 4.67. The first-order chi connectivity index (χ1) is 6.67. The molecule has 0 aliphatic heterocycles. The number of halogens is 2. The van der Waals surface area contributed by atoms with Crippen molar-refractivity contribution in [2.45, 2.75) is 38.9 Å². The molecule has 0 radical (unpaired) electrons. The van der Waals surface area contributed by atoms with Gasteiger partial charge in [-0.25, -0.2) is 13.6 Å². The summed E-state index contributed by atoms with van der Waals surface area (Å²) in [5.41, 5.74) is 0. The van der Waals surface area contributed by atoms with Crippen LogP contribution in [0.4, 0.5) is 13.6 Å². The van der Waals surface area contributed by atoms with Crippen LogP contribution in [0.25, 0.3) is 0 Å². The molecule has 0 saturated heterocycles. The van der Waals surface area contributed by atoms with Crippen molar-refractivity contribution in [1.29, 1.82) is 0 Å². The Hall–Kier alpha value is -0.870. The van der Waals surface area contributed by atoms with Gasteiger partial charge < -0.3 is 9.47 Å². The summed E-state index contributed by atoms with van der Waals surface area (Å²) >= 11 is 0. The molecular formula is C9H16F2O3. The molecule has 0 fully saturated rings. The largest absolute Gasteiger partial charge is 0.509 e. The Morgan fingerprint density at radius 3 is 1.64 bits per heavy atom. The lowest BCUT2D eigenvalue weighted by Crippen LogP contribution is -2.25. The Balaban J connectivity index is 3.83. The summed E-state index contributed by atoms with van der Waals surface area (Å²) in [6, 6.07) is 0. The van der Waals surface area contributed by atoms with E-state index >= 15 is 0 Å². The van der Waals surface area contributed by atoms with E-state index in [2.05, 4.69) is 9.47 Å². The van der Waals surface area contributed by atoms with Gasteiger partial charge in [-0.1, -0.05) is 13.8 Å². The highest BCUT2D eigenvalue weighted by atomic mass is 19.1. The molecular weight excluding hydrogens is 194 g/mol. The van der Waals surface area contributed by atoms with E-state index in [9.17, 15) is 13.6 Å². The summed E-state index contributed by atoms with van der Waals surface area (Å²) in [5, 5.41) is 0. The van der Waals surface area contributed by atoms with Crippen molar-refractivity contribution in [3.63, 3.8) is 0 Å². The van der Waals surface area contributed by atoms with E-state index in [1.54, 1.807) is 13.8 Å². The maximum absolute atomic E-state index is 12.1. The van der Waals surface area contributed by atoms with E-state index < -0.39 is 31.7 Å². The maximum Gasteiger partial charge on any atom is 0.509 e. The van der Waals surface area contributed by atoms with Gasteiger partial charge in [0.25, 0.3) is 0 Å². The fourth-order valence-corrected chi connectivity index (χ4v) is 0.748. The minimum absolute atomic E-state index is 0.373. The minimum atomic E-state index is -1.00. The third-order valence-electron chi connectivity index (χ3n) is 1.78. The zero-order valence-corrected chi connectivity index (χ0v) is 8.46. The fraction of sp³-hybridized carbons (Fsp3) is 0.889. The smallest absolute Gasteiger partial charge is 0.428 e. The van der Waals surface area contributed by atoms with Gasteiger partial charge in [-0.15, -0.1) is 0 Å². The summed E-state index contributed by atoms with van der Waals surface area (Å²) in [6.45, 7) is 1.87. The van der Waals surface area contributed by atoms with Crippen LogP contribution in [0.3, 0.4) is 0 Å². The van der Waals surface area contributed by atoms with E-state index in [0.717, 1.165) is 0 Å². The van der Waals surface area contributed by atoms with Crippen molar-refractivity contribution in [1.82, 2.24) is 0 Å². The van der Waals surface area contributed by atoms with E-state index in [4.69, 9.17) is 0 Å². The topological polar surface area (TPSA) is 35.5 Å². The number of alkyl halides is 2. The molecule has 0 aliphatic rings. The molecule has 0 saturated carbocycles. The highest BCUT2D eigenvalue weighted by Crippen LogP contribution is 2.05. The highest BCUT2D eigenvalue weighted by molar-refractivity contribution is 5.60. The zero-order valence-electron chi connectivity index (χ0n) is 8.46. The van der Waals surface area contributed by atoms with E-state index in [0.29, 0.717) is 12.8 Å². The van der Waals surface area contributed by atoms with Crippen LogP contribution in [0.2, 0.25) is 0 Å². The number of rotatable bonds is 6. The van der Waals surface area contributed by atoms with Crippen LogP contribution in [-0.4, -0.2) is 31.7 Å². The van der Waals surface area contributed by atoms with Gasteiger partial charge in [0.05, 0.1) is 0 Å². The third-order valence-corrected chi connectivity index (χ3v) is 1.78. The second-order valence-electron chi connectivity index (χ2n) is 2.85. The van der Waals surface area contributed by atoms with Crippen molar-refractivity contribution < 1.29 is 23.0 Å². The molecule has 0 bridgehead atoms. The van der Waals surface area contributed by atoms with Crippen molar-refractivity contribution >= 4 is 6.16 Å². The van der Waals surface area contributed by atoms with Gasteiger partial charge in [0.2, 0.25) is 0 Å². The van der Waals surface area contributed by atoms with Crippen molar-refractivity contribution in [2.24, 2.45) is 0 Å². The standard InChI is InChI=1S/C9H16F2O3/c1-3-7(5-10)13-9(12)14-8(4-2)6-11/h7-8H,3-6H2,1-2H3. The number of hydrogen-bond donors (Lipinski definition) is 0. The number of ether oxygens (including phenoxy) is 2.